The van der Waals surface area contributed by atoms with Crippen molar-refractivity contribution in [1.29, 1.82) is 0 Å². The number of benzene rings is 8. The largest absolute Gasteiger partial charge is 0.308 e. The van der Waals surface area contributed by atoms with Crippen molar-refractivity contribution in [2.45, 2.75) is 38.5 Å². The van der Waals surface area contributed by atoms with Gasteiger partial charge in [-0.05, 0) is 93.1 Å². The van der Waals surface area contributed by atoms with Crippen molar-refractivity contribution < 1.29 is 0 Å². The van der Waals surface area contributed by atoms with Gasteiger partial charge in [0, 0.05) is 39.1 Å². The lowest BCUT2D eigenvalue weighted by atomic mass is 9.83. The van der Waals surface area contributed by atoms with Crippen molar-refractivity contribution in [2.75, 3.05) is 0 Å². The molecule has 0 bridgehead atoms. The van der Waals surface area contributed by atoms with E-state index in [0.29, 0.717) is 23.2 Å². The molecule has 5 heteroatoms. The molecule has 2 heterocycles. The summed E-state index contributed by atoms with van der Waals surface area (Å²) in [4.78, 5) is 19.9. The molecule has 0 unspecified atom stereocenters. The van der Waals surface area contributed by atoms with Gasteiger partial charge in [0.25, 0.3) is 0 Å². The molecule has 0 spiro atoms. The Kier molecular flexibility index (Phi) is 10.6. The number of allylic oxidation sites excluding steroid dienone is 4. The van der Waals surface area contributed by atoms with E-state index in [2.05, 4.69) is 212 Å². The van der Waals surface area contributed by atoms with Gasteiger partial charge in [-0.15, -0.1) is 0 Å². The van der Waals surface area contributed by atoms with Crippen molar-refractivity contribution in [3.05, 3.63) is 246 Å². The molecule has 1 aliphatic rings. The first-order valence-electron chi connectivity index (χ1n) is 22.9. The zero-order valence-corrected chi connectivity index (χ0v) is 37.7. The third kappa shape index (κ3) is 7.94. The molecule has 10 aromatic rings. The Bertz CT molecular complexity index is 3500. The highest BCUT2D eigenvalue weighted by atomic mass is 15.0. The van der Waals surface area contributed by atoms with Crippen LogP contribution in [0.2, 0.25) is 0 Å². The minimum atomic E-state index is -0.0664. The minimum absolute atomic E-state index is 0.0664. The fraction of sp³-hybridized carbons (Fsp3) is 0.0968. The van der Waals surface area contributed by atoms with Gasteiger partial charge < -0.3 is 4.57 Å². The zero-order valence-electron chi connectivity index (χ0n) is 37.7. The lowest BCUT2D eigenvalue weighted by Gasteiger charge is -2.23. The number of nitrogens with zero attached hydrogens (tertiary/aromatic N) is 5. The first-order valence-corrected chi connectivity index (χ1v) is 22.9. The maximum Gasteiger partial charge on any atom is 0.188 e. The molecule has 11 rings (SSSR count). The Labute approximate surface area is 392 Å². The molecule has 1 aliphatic carbocycles. The molecule has 2 aromatic heterocycles. The first-order chi connectivity index (χ1) is 32.8. The van der Waals surface area contributed by atoms with Crippen LogP contribution in [0.15, 0.2) is 212 Å². The van der Waals surface area contributed by atoms with E-state index in [1.165, 1.54) is 22.3 Å². The summed E-state index contributed by atoms with van der Waals surface area (Å²) < 4.78 is 2.40. The second kappa shape index (κ2) is 17.2. The van der Waals surface area contributed by atoms with Crippen molar-refractivity contribution in [3.63, 3.8) is 0 Å². The van der Waals surface area contributed by atoms with E-state index in [1.807, 2.05) is 30.3 Å². The summed E-state index contributed by atoms with van der Waals surface area (Å²) in [5.41, 5.74) is 15.5. The average molecular weight is 862 g/mol. The van der Waals surface area contributed by atoms with Crippen molar-refractivity contribution in [3.8, 4) is 50.7 Å². The van der Waals surface area contributed by atoms with Gasteiger partial charge in [0.15, 0.2) is 23.2 Å². The van der Waals surface area contributed by atoms with Crippen LogP contribution in [-0.4, -0.2) is 19.5 Å². The van der Waals surface area contributed by atoms with Crippen LogP contribution >= 0.6 is 0 Å². The summed E-state index contributed by atoms with van der Waals surface area (Å²) in [5, 5.41) is 2.16. The molecule has 0 aliphatic heterocycles. The summed E-state index contributed by atoms with van der Waals surface area (Å²) in [6.07, 6.45) is 5.46. The van der Waals surface area contributed by atoms with Crippen LogP contribution in [0.5, 0.6) is 0 Å². The molecule has 0 saturated heterocycles. The minimum Gasteiger partial charge on any atom is -0.308 e. The van der Waals surface area contributed by atoms with E-state index in [9.17, 15) is 0 Å². The molecule has 1 atom stereocenters. The van der Waals surface area contributed by atoms with Crippen LogP contribution in [0.3, 0.4) is 0 Å². The zero-order chi connectivity index (χ0) is 45.5. The summed E-state index contributed by atoms with van der Waals surface area (Å²) in [7, 11) is 0. The lowest BCUT2D eigenvalue weighted by Crippen LogP contribution is -2.10. The van der Waals surface area contributed by atoms with Crippen LogP contribution in [0, 0.1) is 6.57 Å². The molecule has 5 nitrogen and oxygen atoms in total. The first kappa shape index (κ1) is 41.3. The Morgan fingerprint density at radius 3 is 1.57 bits per heavy atom. The second-order valence-electron chi connectivity index (χ2n) is 18.3. The molecular weight excluding hydrogens is 815 g/mol. The molecule has 0 N–H and O–H groups in total. The van der Waals surface area contributed by atoms with Gasteiger partial charge in [0.1, 0.15) is 0 Å². The van der Waals surface area contributed by atoms with Gasteiger partial charge in [-0.3, -0.25) is 0 Å². The number of hydrogen-bond donors (Lipinski definition) is 0. The summed E-state index contributed by atoms with van der Waals surface area (Å²) in [5.74, 6) is 1.94. The maximum absolute atomic E-state index is 7.98. The third-order valence-electron chi connectivity index (χ3n) is 13.0. The average Bonchev–Trinajstić information content (AvgIpc) is 3.71. The highest BCUT2D eigenvalue weighted by molar-refractivity contribution is 6.12. The topological polar surface area (TPSA) is 48.0 Å². The van der Waals surface area contributed by atoms with Crippen molar-refractivity contribution >= 4 is 38.6 Å². The Morgan fingerprint density at radius 2 is 1.00 bits per heavy atom. The molecule has 0 radical (unpaired) electrons. The summed E-state index contributed by atoms with van der Waals surface area (Å²) >= 11 is 0. The molecule has 320 valence electrons. The van der Waals surface area contributed by atoms with E-state index in [1.54, 1.807) is 0 Å². The van der Waals surface area contributed by atoms with Crippen LogP contribution in [0.1, 0.15) is 55.6 Å². The smallest absolute Gasteiger partial charge is 0.188 e. The Hall–Kier alpha value is -8.46. The molecule has 67 heavy (non-hydrogen) atoms. The number of hydrogen-bond acceptors (Lipinski definition) is 3. The predicted octanol–water partition coefficient (Wildman–Crippen LogP) is 16.1. The van der Waals surface area contributed by atoms with Crippen LogP contribution in [-0.2, 0) is 5.41 Å². The SMILES string of the molecule is [C-]#[N+]c1ccc2c(c1)c1cc(C(C)(C)C)ccc1n2-c1c(-c2ccccc2)cc(-c2nc(C3=C[C@@H](c4ccccc4)CC(c4ccccc4)=C3)nc(-c3ccccc3)n2)cc1-c1ccccc1. The molecular formula is C62H47N5. The summed E-state index contributed by atoms with van der Waals surface area (Å²) in [6.45, 7) is 14.7. The highest BCUT2D eigenvalue weighted by Crippen LogP contribution is 2.45. The highest BCUT2D eigenvalue weighted by Gasteiger charge is 2.26. The van der Waals surface area contributed by atoms with Crippen LogP contribution in [0.4, 0.5) is 5.69 Å². The third-order valence-corrected chi connectivity index (χ3v) is 13.0. The normalized spacial score (nSPS) is 13.9. The fourth-order valence-corrected chi connectivity index (χ4v) is 9.53. The monoisotopic (exact) mass is 861 g/mol. The van der Waals surface area contributed by atoms with Crippen molar-refractivity contribution in [1.82, 2.24) is 19.5 Å². The van der Waals surface area contributed by atoms with E-state index in [4.69, 9.17) is 21.5 Å². The molecule has 8 aromatic carbocycles. The van der Waals surface area contributed by atoms with Gasteiger partial charge in [-0.2, -0.15) is 0 Å². The van der Waals surface area contributed by atoms with E-state index >= 15 is 0 Å². The quantitative estimate of drug-likeness (QED) is 0.143. The standard InChI is InChI=1S/C62H47N5/c1-62(2,3)50-30-32-56-54(39-50)55-40-51(63-4)31-33-57(55)67(56)58-52(43-24-14-7-15-25-43)37-49(38-53(58)44-26-16-8-17-27-44)61-65-59(45-28-18-9-19-29-45)64-60(66-61)48-35-46(41-20-10-5-11-21-41)34-47(36-48)42-22-12-6-13-23-42/h5-33,35-40,46H,34H2,1-3H3/t46-/m0/s1. The van der Waals surface area contributed by atoms with E-state index in [-0.39, 0.29) is 11.3 Å². The maximum atomic E-state index is 7.98. The molecule has 0 amide bonds. The Morgan fingerprint density at radius 1 is 0.507 bits per heavy atom. The fourth-order valence-electron chi connectivity index (χ4n) is 9.53. The number of fused-ring (bicyclic) bond motifs is 3. The lowest BCUT2D eigenvalue weighted by molar-refractivity contribution is 0.591. The molecule has 0 fully saturated rings. The number of rotatable bonds is 8. The van der Waals surface area contributed by atoms with Gasteiger partial charge in [0.2, 0.25) is 0 Å². The number of aromatic nitrogens is 4. The van der Waals surface area contributed by atoms with Gasteiger partial charge in [-0.25, -0.2) is 19.8 Å². The van der Waals surface area contributed by atoms with Gasteiger partial charge in [-0.1, -0.05) is 191 Å². The molecule has 0 saturated carbocycles. The van der Waals surface area contributed by atoms with Crippen LogP contribution < -0.4 is 0 Å². The van der Waals surface area contributed by atoms with Crippen molar-refractivity contribution in [2.24, 2.45) is 0 Å². The second-order valence-corrected chi connectivity index (χ2v) is 18.3. The van der Waals surface area contributed by atoms with E-state index in [0.717, 1.165) is 72.9 Å². The van der Waals surface area contributed by atoms with Gasteiger partial charge >= 0.3 is 0 Å². The van der Waals surface area contributed by atoms with Gasteiger partial charge in [0.05, 0.1) is 23.3 Å². The predicted molar refractivity (Wildman–Crippen MR) is 277 cm³/mol. The summed E-state index contributed by atoms with van der Waals surface area (Å²) in [6, 6.07) is 70.3. The van der Waals surface area contributed by atoms with Crippen LogP contribution in [0.25, 0.3) is 88.5 Å². The Balaban J connectivity index is 1.21. The van der Waals surface area contributed by atoms with E-state index < -0.39 is 0 Å².